The highest BCUT2D eigenvalue weighted by Crippen LogP contribution is 2.27. The molecule has 1 unspecified atom stereocenters. The fraction of sp³-hybridized carbons (Fsp3) is 0.435. The molecule has 1 amide bonds. The molecule has 0 saturated carbocycles. The van der Waals surface area contributed by atoms with Gasteiger partial charge in [0.15, 0.2) is 0 Å². The van der Waals surface area contributed by atoms with E-state index in [0.29, 0.717) is 23.6 Å². The smallest absolute Gasteiger partial charge is 0.251 e. The van der Waals surface area contributed by atoms with E-state index in [9.17, 15) is 4.79 Å². The summed E-state index contributed by atoms with van der Waals surface area (Å²) in [7, 11) is 7.24. The molecule has 1 aliphatic heterocycles. The molecule has 0 radical (unpaired) electrons. The van der Waals surface area contributed by atoms with Gasteiger partial charge in [-0.2, -0.15) is 0 Å². The van der Waals surface area contributed by atoms with Gasteiger partial charge in [0.25, 0.3) is 5.91 Å². The van der Waals surface area contributed by atoms with Gasteiger partial charge in [-0.15, -0.1) is 0 Å². The Morgan fingerprint density at radius 1 is 1.03 bits per heavy atom. The fourth-order valence-corrected chi connectivity index (χ4v) is 3.74. The van der Waals surface area contributed by atoms with Crippen LogP contribution in [-0.2, 0) is 0 Å². The van der Waals surface area contributed by atoms with Crippen LogP contribution < -0.4 is 19.7 Å². The number of nitrogens with zero attached hydrogens (tertiary/aromatic N) is 2. The summed E-state index contributed by atoms with van der Waals surface area (Å²) in [5.74, 6) is 1.08. The van der Waals surface area contributed by atoms with Gasteiger partial charge in [0.1, 0.15) is 11.5 Å². The van der Waals surface area contributed by atoms with Crippen LogP contribution in [-0.4, -0.2) is 58.8 Å². The van der Waals surface area contributed by atoms with E-state index in [0.717, 1.165) is 13.1 Å². The zero-order chi connectivity index (χ0) is 20.8. The Morgan fingerprint density at radius 2 is 1.62 bits per heavy atom. The summed E-state index contributed by atoms with van der Waals surface area (Å²) in [5.41, 5.74) is 2.92. The zero-order valence-corrected chi connectivity index (χ0v) is 17.8. The molecule has 1 atom stereocenters. The first kappa shape index (κ1) is 21.0. The summed E-state index contributed by atoms with van der Waals surface area (Å²) < 4.78 is 10.6. The number of anilines is 1. The molecular weight excluding hydrogens is 366 g/mol. The van der Waals surface area contributed by atoms with Crippen LogP contribution in [0.2, 0.25) is 0 Å². The van der Waals surface area contributed by atoms with Crippen molar-refractivity contribution < 1.29 is 14.3 Å². The molecule has 0 aromatic heterocycles. The SMILES string of the molecule is COc1cc(OC)cc(C(=O)NCC(c2ccc(N(C)C)cc2)N2CCCC2)c1. The minimum atomic E-state index is -0.128. The highest BCUT2D eigenvalue weighted by atomic mass is 16.5. The molecule has 3 rings (SSSR count). The lowest BCUT2D eigenvalue weighted by Gasteiger charge is -2.28. The number of rotatable bonds is 8. The van der Waals surface area contributed by atoms with Crippen molar-refractivity contribution in [2.75, 3.05) is 52.8 Å². The summed E-state index contributed by atoms with van der Waals surface area (Å²) >= 11 is 0. The standard InChI is InChI=1S/C23H31N3O3/c1-25(2)19-9-7-17(8-10-19)22(26-11-5-6-12-26)16-24-23(27)18-13-20(28-3)15-21(14-18)29-4/h7-10,13-15,22H,5-6,11-12,16H2,1-4H3,(H,24,27). The van der Waals surface area contributed by atoms with Crippen LogP contribution in [0.15, 0.2) is 42.5 Å². The molecule has 2 aromatic carbocycles. The molecule has 1 fully saturated rings. The third-order valence-corrected chi connectivity index (χ3v) is 5.45. The second kappa shape index (κ2) is 9.65. The van der Waals surface area contributed by atoms with Gasteiger partial charge >= 0.3 is 0 Å². The number of likely N-dealkylation sites (tertiary alicyclic amines) is 1. The van der Waals surface area contributed by atoms with Crippen LogP contribution in [0.1, 0.15) is 34.8 Å². The van der Waals surface area contributed by atoms with E-state index in [2.05, 4.69) is 39.4 Å². The van der Waals surface area contributed by atoms with Crippen molar-refractivity contribution in [3.8, 4) is 11.5 Å². The van der Waals surface area contributed by atoms with E-state index < -0.39 is 0 Å². The predicted molar refractivity (Wildman–Crippen MR) is 116 cm³/mol. The maximum absolute atomic E-state index is 12.8. The summed E-state index contributed by atoms with van der Waals surface area (Å²) in [5, 5.41) is 3.11. The minimum absolute atomic E-state index is 0.128. The summed E-state index contributed by atoms with van der Waals surface area (Å²) in [4.78, 5) is 17.4. The van der Waals surface area contributed by atoms with Crippen LogP contribution >= 0.6 is 0 Å². The van der Waals surface area contributed by atoms with Gasteiger partial charge in [0.2, 0.25) is 0 Å². The maximum Gasteiger partial charge on any atom is 0.251 e. The van der Waals surface area contributed by atoms with Gasteiger partial charge in [0.05, 0.1) is 20.3 Å². The van der Waals surface area contributed by atoms with Crippen LogP contribution in [0.5, 0.6) is 11.5 Å². The molecule has 1 saturated heterocycles. The highest BCUT2D eigenvalue weighted by Gasteiger charge is 2.24. The van der Waals surface area contributed by atoms with E-state index in [4.69, 9.17) is 9.47 Å². The number of ether oxygens (including phenoxy) is 2. The van der Waals surface area contributed by atoms with Crippen LogP contribution in [0, 0.1) is 0 Å². The van der Waals surface area contributed by atoms with Crippen molar-refractivity contribution in [3.63, 3.8) is 0 Å². The molecule has 1 aliphatic rings. The van der Waals surface area contributed by atoms with Crippen LogP contribution in [0.3, 0.4) is 0 Å². The fourth-order valence-electron chi connectivity index (χ4n) is 3.74. The molecule has 156 valence electrons. The van der Waals surface area contributed by atoms with E-state index in [1.807, 2.05) is 14.1 Å². The zero-order valence-electron chi connectivity index (χ0n) is 17.8. The average Bonchev–Trinajstić information content (AvgIpc) is 3.28. The first-order chi connectivity index (χ1) is 14.0. The number of nitrogens with one attached hydrogen (secondary N) is 1. The molecular formula is C23H31N3O3. The van der Waals surface area contributed by atoms with Crippen molar-refractivity contribution in [3.05, 3.63) is 53.6 Å². The van der Waals surface area contributed by atoms with E-state index in [-0.39, 0.29) is 11.9 Å². The lowest BCUT2D eigenvalue weighted by Crippen LogP contribution is -2.36. The largest absolute Gasteiger partial charge is 0.497 e. The van der Waals surface area contributed by atoms with Crippen molar-refractivity contribution in [1.82, 2.24) is 10.2 Å². The van der Waals surface area contributed by atoms with Gasteiger partial charge in [-0.05, 0) is 55.8 Å². The molecule has 29 heavy (non-hydrogen) atoms. The number of amides is 1. The quantitative estimate of drug-likeness (QED) is 0.740. The number of carbonyl (C=O) groups is 1. The van der Waals surface area contributed by atoms with E-state index >= 15 is 0 Å². The first-order valence-corrected chi connectivity index (χ1v) is 10.0. The molecule has 1 heterocycles. The Bertz CT molecular complexity index is 792. The van der Waals surface area contributed by atoms with E-state index in [1.165, 1.54) is 24.1 Å². The third kappa shape index (κ3) is 5.21. The number of hydrogen-bond donors (Lipinski definition) is 1. The Morgan fingerprint density at radius 3 is 2.14 bits per heavy atom. The average molecular weight is 398 g/mol. The topological polar surface area (TPSA) is 54.0 Å². The Labute approximate surface area is 173 Å². The monoisotopic (exact) mass is 397 g/mol. The third-order valence-electron chi connectivity index (χ3n) is 5.45. The van der Waals surface area contributed by atoms with Gasteiger partial charge < -0.3 is 19.7 Å². The molecule has 2 aromatic rings. The van der Waals surface area contributed by atoms with Gasteiger partial charge in [-0.3, -0.25) is 9.69 Å². The second-order valence-corrected chi connectivity index (χ2v) is 7.56. The lowest BCUT2D eigenvalue weighted by molar-refractivity contribution is 0.0937. The van der Waals surface area contributed by atoms with Crippen LogP contribution in [0.25, 0.3) is 0 Å². The molecule has 0 bridgehead atoms. The van der Waals surface area contributed by atoms with Crippen molar-refractivity contribution >= 4 is 11.6 Å². The van der Waals surface area contributed by atoms with Crippen LogP contribution in [0.4, 0.5) is 5.69 Å². The summed E-state index contributed by atoms with van der Waals surface area (Å²) in [6, 6.07) is 14.0. The van der Waals surface area contributed by atoms with Gasteiger partial charge in [0, 0.05) is 38.0 Å². The molecule has 0 aliphatic carbocycles. The summed E-state index contributed by atoms with van der Waals surface area (Å²) in [6.07, 6.45) is 2.40. The Balaban J connectivity index is 1.75. The minimum Gasteiger partial charge on any atom is -0.497 e. The van der Waals surface area contributed by atoms with Crippen molar-refractivity contribution in [2.45, 2.75) is 18.9 Å². The normalized spacial score (nSPS) is 15.0. The Hall–Kier alpha value is -2.73. The number of methoxy groups -OCH3 is 2. The van der Waals surface area contributed by atoms with Gasteiger partial charge in [-0.25, -0.2) is 0 Å². The molecule has 1 N–H and O–H groups in total. The second-order valence-electron chi connectivity index (χ2n) is 7.56. The number of benzene rings is 2. The maximum atomic E-state index is 12.8. The van der Waals surface area contributed by atoms with Crippen molar-refractivity contribution in [2.24, 2.45) is 0 Å². The highest BCUT2D eigenvalue weighted by molar-refractivity contribution is 5.95. The lowest BCUT2D eigenvalue weighted by atomic mass is 10.0. The van der Waals surface area contributed by atoms with Crippen molar-refractivity contribution in [1.29, 1.82) is 0 Å². The molecule has 6 heteroatoms. The molecule has 6 nitrogen and oxygen atoms in total. The van der Waals surface area contributed by atoms with Gasteiger partial charge in [-0.1, -0.05) is 12.1 Å². The summed E-state index contributed by atoms with van der Waals surface area (Å²) in [6.45, 7) is 2.67. The van der Waals surface area contributed by atoms with E-state index in [1.54, 1.807) is 32.4 Å². The first-order valence-electron chi connectivity index (χ1n) is 10.0. The number of carbonyl (C=O) groups excluding carboxylic acids is 1. The molecule has 0 spiro atoms. The Kier molecular flexibility index (Phi) is 6.99. The number of hydrogen-bond acceptors (Lipinski definition) is 5. The predicted octanol–water partition coefficient (Wildman–Crippen LogP) is 3.34.